The Labute approximate surface area is 168 Å². The molecule has 1 spiro atoms. The molecule has 28 heavy (non-hydrogen) atoms. The van der Waals surface area contributed by atoms with Crippen molar-refractivity contribution in [1.29, 1.82) is 0 Å². The number of carbonyl (C=O) groups excluding carboxylic acids is 3. The van der Waals surface area contributed by atoms with Crippen LogP contribution in [0.5, 0.6) is 0 Å². The minimum absolute atomic E-state index is 0.198. The largest absolute Gasteiger partial charge is 0.329 e. The average molecular weight is 401 g/mol. The number of rotatable bonds is 3. The summed E-state index contributed by atoms with van der Waals surface area (Å²) in [4.78, 5) is 42.1. The minimum atomic E-state index is -0.772. The number of nitrogens with one attached hydrogen (secondary N) is 2. The summed E-state index contributed by atoms with van der Waals surface area (Å²) in [5.74, 6) is -0.654. The second-order valence-electron chi connectivity index (χ2n) is 6.34. The molecule has 4 rings (SSSR count). The standard InChI is InChI=1S/C18H15ClN4O3.C2H6/c19-12-10-11(21-15(24)13-4-1-2-9-20-13)5-6-14(12)23-16(25)18(7-3-8-18)22-17(23)26;1-2/h1-2,4-6,9-10H,3,7-8H2,(H,21,24)(H,22,26);1-2H3. The predicted octanol–water partition coefficient (Wildman–Crippen LogP) is 3.99. The van der Waals surface area contributed by atoms with Crippen LogP contribution in [0.1, 0.15) is 43.6 Å². The van der Waals surface area contributed by atoms with Crippen LogP contribution in [-0.2, 0) is 4.79 Å². The van der Waals surface area contributed by atoms with E-state index in [1.165, 1.54) is 12.3 Å². The molecule has 1 aliphatic heterocycles. The van der Waals surface area contributed by atoms with Crippen LogP contribution in [0.25, 0.3) is 0 Å². The maximum Gasteiger partial charge on any atom is 0.329 e. The highest BCUT2D eigenvalue weighted by Gasteiger charge is 2.55. The highest BCUT2D eigenvalue weighted by atomic mass is 35.5. The second kappa shape index (κ2) is 7.98. The Morgan fingerprint density at radius 1 is 1.21 bits per heavy atom. The Hall–Kier alpha value is -2.93. The van der Waals surface area contributed by atoms with E-state index in [1.54, 1.807) is 30.3 Å². The molecule has 0 atom stereocenters. The van der Waals surface area contributed by atoms with Crippen molar-refractivity contribution < 1.29 is 14.4 Å². The number of hydrogen-bond donors (Lipinski definition) is 2. The molecule has 4 amide bonds. The fourth-order valence-corrected chi connectivity index (χ4v) is 3.43. The van der Waals surface area contributed by atoms with E-state index in [0.29, 0.717) is 24.2 Å². The summed E-state index contributed by atoms with van der Waals surface area (Å²) in [6.07, 6.45) is 3.72. The van der Waals surface area contributed by atoms with Gasteiger partial charge in [-0.2, -0.15) is 0 Å². The molecule has 0 bridgehead atoms. The summed E-state index contributed by atoms with van der Waals surface area (Å²) < 4.78 is 0. The maximum atomic E-state index is 12.6. The van der Waals surface area contributed by atoms with E-state index in [4.69, 9.17) is 11.6 Å². The first-order valence-electron chi connectivity index (χ1n) is 9.19. The number of hydrogen-bond acceptors (Lipinski definition) is 4. The number of nitrogens with zero attached hydrogens (tertiary/aromatic N) is 2. The highest BCUT2D eigenvalue weighted by Crippen LogP contribution is 2.41. The number of imide groups is 1. The van der Waals surface area contributed by atoms with Crippen LogP contribution in [0, 0.1) is 0 Å². The van der Waals surface area contributed by atoms with Crippen molar-refractivity contribution in [3.05, 3.63) is 53.3 Å². The van der Waals surface area contributed by atoms with Gasteiger partial charge in [0.25, 0.3) is 11.8 Å². The molecule has 1 aliphatic carbocycles. The third-order valence-corrected chi connectivity index (χ3v) is 5.02. The lowest BCUT2D eigenvalue weighted by Crippen LogP contribution is -2.52. The molecule has 1 saturated heterocycles. The van der Waals surface area contributed by atoms with E-state index in [9.17, 15) is 14.4 Å². The van der Waals surface area contributed by atoms with Gasteiger partial charge in [0.2, 0.25) is 0 Å². The van der Waals surface area contributed by atoms with Gasteiger partial charge in [0.15, 0.2) is 0 Å². The van der Waals surface area contributed by atoms with Crippen molar-refractivity contribution in [1.82, 2.24) is 10.3 Å². The zero-order valence-electron chi connectivity index (χ0n) is 15.7. The van der Waals surface area contributed by atoms with E-state index in [2.05, 4.69) is 15.6 Å². The van der Waals surface area contributed by atoms with E-state index >= 15 is 0 Å². The smallest absolute Gasteiger partial charge is 0.323 e. The summed E-state index contributed by atoms with van der Waals surface area (Å²) in [7, 11) is 0. The van der Waals surface area contributed by atoms with Gasteiger partial charge in [-0.3, -0.25) is 14.6 Å². The topological polar surface area (TPSA) is 91.4 Å². The van der Waals surface area contributed by atoms with Gasteiger partial charge in [0.1, 0.15) is 11.2 Å². The molecular weight excluding hydrogens is 380 g/mol. The van der Waals surface area contributed by atoms with Crippen LogP contribution in [0.3, 0.4) is 0 Å². The molecule has 146 valence electrons. The van der Waals surface area contributed by atoms with E-state index < -0.39 is 11.6 Å². The number of halogens is 1. The number of amides is 4. The van der Waals surface area contributed by atoms with Crippen LogP contribution < -0.4 is 15.5 Å². The van der Waals surface area contributed by atoms with Gasteiger partial charge in [-0.1, -0.05) is 31.5 Å². The molecule has 0 radical (unpaired) electrons. The lowest BCUT2D eigenvalue weighted by atomic mass is 9.77. The number of carbonyl (C=O) groups is 3. The van der Waals surface area contributed by atoms with E-state index in [0.717, 1.165) is 11.3 Å². The molecule has 2 aromatic rings. The molecule has 7 nitrogen and oxygen atoms in total. The fraction of sp³-hybridized carbons (Fsp3) is 0.300. The average Bonchev–Trinajstić information content (AvgIpc) is 2.95. The van der Waals surface area contributed by atoms with Crippen LogP contribution in [0.15, 0.2) is 42.6 Å². The molecule has 0 unspecified atom stereocenters. The summed E-state index contributed by atoms with van der Waals surface area (Å²) in [5.41, 5.74) is 0.244. The first-order valence-corrected chi connectivity index (χ1v) is 9.57. The Balaban J connectivity index is 0.00000109. The summed E-state index contributed by atoms with van der Waals surface area (Å²) in [6.45, 7) is 4.00. The summed E-state index contributed by atoms with van der Waals surface area (Å²) >= 11 is 6.28. The molecule has 2 N–H and O–H groups in total. The second-order valence-corrected chi connectivity index (χ2v) is 6.75. The van der Waals surface area contributed by atoms with Crippen LogP contribution in [0.4, 0.5) is 16.2 Å². The van der Waals surface area contributed by atoms with Gasteiger partial charge in [-0.05, 0) is 49.6 Å². The first-order chi connectivity index (χ1) is 13.5. The maximum absolute atomic E-state index is 12.6. The lowest BCUT2D eigenvalue weighted by molar-refractivity contribution is -0.124. The fourth-order valence-electron chi connectivity index (χ4n) is 3.17. The Morgan fingerprint density at radius 3 is 2.50 bits per heavy atom. The third-order valence-electron chi connectivity index (χ3n) is 4.71. The Morgan fingerprint density at radius 2 is 1.96 bits per heavy atom. The quantitative estimate of drug-likeness (QED) is 0.762. The Kier molecular flexibility index (Phi) is 5.65. The molecule has 2 aliphatic rings. The van der Waals surface area contributed by atoms with Crippen molar-refractivity contribution in [2.24, 2.45) is 0 Å². The molecule has 8 heteroatoms. The lowest BCUT2D eigenvalue weighted by Gasteiger charge is -2.34. The van der Waals surface area contributed by atoms with E-state index in [-0.39, 0.29) is 22.5 Å². The molecule has 2 fully saturated rings. The molecule has 1 saturated carbocycles. The normalized spacial score (nSPS) is 16.8. The van der Waals surface area contributed by atoms with Gasteiger partial charge in [-0.15, -0.1) is 0 Å². The first kappa shape index (κ1) is 19.8. The van der Waals surface area contributed by atoms with Crippen LogP contribution >= 0.6 is 11.6 Å². The predicted molar refractivity (Wildman–Crippen MR) is 108 cm³/mol. The number of anilines is 2. The van der Waals surface area contributed by atoms with Crippen molar-refractivity contribution >= 4 is 40.8 Å². The van der Waals surface area contributed by atoms with Crippen LogP contribution in [0.2, 0.25) is 5.02 Å². The van der Waals surface area contributed by atoms with Crippen molar-refractivity contribution in [2.45, 2.75) is 38.6 Å². The number of urea groups is 1. The molecule has 1 aromatic carbocycles. The SMILES string of the molecule is CC.O=C(Nc1ccc(N2C(=O)NC3(CCC3)C2=O)c(Cl)c1)c1ccccn1. The van der Waals surface area contributed by atoms with E-state index in [1.807, 2.05) is 13.8 Å². The minimum Gasteiger partial charge on any atom is -0.323 e. The van der Waals surface area contributed by atoms with Crippen molar-refractivity contribution in [2.75, 3.05) is 10.2 Å². The zero-order valence-corrected chi connectivity index (χ0v) is 16.4. The van der Waals surface area contributed by atoms with Gasteiger partial charge in [0, 0.05) is 11.9 Å². The number of benzene rings is 1. The van der Waals surface area contributed by atoms with Crippen LogP contribution in [-0.4, -0.2) is 28.4 Å². The Bertz CT molecular complexity index is 913. The van der Waals surface area contributed by atoms with Gasteiger partial charge < -0.3 is 10.6 Å². The van der Waals surface area contributed by atoms with Crippen molar-refractivity contribution in [3.63, 3.8) is 0 Å². The summed E-state index contributed by atoms with van der Waals surface area (Å²) in [6, 6.07) is 9.20. The van der Waals surface area contributed by atoms with Gasteiger partial charge in [-0.25, -0.2) is 9.69 Å². The number of pyridine rings is 1. The van der Waals surface area contributed by atoms with Gasteiger partial charge in [0.05, 0.1) is 10.7 Å². The van der Waals surface area contributed by atoms with Crippen molar-refractivity contribution in [3.8, 4) is 0 Å². The van der Waals surface area contributed by atoms with Gasteiger partial charge >= 0.3 is 6.03 Å². The molecule has 1 aromatic heterocycles. The third kappa shape index (κ3) is 3.45. The monoisotopic (exact) mass is 400 g/mol. The molecule has 2 heterocycles. The number of aromatic nitrogens is 1. The zero-order chi connectivity index (χ0) is 20.3. The summed E-state index contributed by atoms with van der Waals surface area (Å²) in [5, 5.41) is 5.65. The highest BCUT2D eigenvalue weighted by molar-refractivity contribution is 6.36. The molecular formula is C20H21ClN4O3.